The molecule has 0 atom stereocenters. The van der Waals surface area contributed by atoms with Gasteiger partial charge in [0.2, 0.25) is 0 Å². The van der Waals surface area contributed by atoms with Crippen LogP contribution in [-0.2, 0) is 0 Å². The fraction of sp³-hybridized carbons (Fsp3) is 0.455. The summed E-state index contributed by atoms with van der Waals surface area (Å²) in [5, 5.41) is 0. The van der Waals surface area contributed by atoms with E-state index >= 15 is 0 Å². The van der Waals surface area contributed by atoms with Gasteiger partial charge in [0.15, 0.2) is 0 Å². The van der Waals surface area contributed by atoms with Crippen LogP contribution in [0.25, 0.3) is 0 Å². The van der Waals surface area contributed by atoms with Gasteiger partial charge < -0.3 is 0 Å². The predicted octanol–water partition coefficient (Wildman–Crippen LogP) is 3.82. The Morgan fingerprint density at radius 2 is 1.83 bits per heavy atom. The second-order valence-corrected chi connectivity index (χ2v) is 4.51. The summed E-state index contributed by atoms with van der Waals surface area (Å²) in [7, 11) is 0. The molecule has 1 aromatic rings. The van der Waals surface area contributed by atoms with Crippen molar-refractivity contribution in [3.8, 4) is 0 Å². The molecule has 0 saturated carbocycles. The molecule has 0 saturated heterocycles. The van der Waals surface area contributed by atoms with Crippen molar-refractivity contribution in [2.45, 2.75) is 25.2 Å². The summed E-state index contributed by atoms with van der Waals surface area (Å²) in [6.45, 7) is 4.54. The van der Waals surface area contributed by atoms with Crippen LogP contribution < -0.4 is 0 Å². The van der Waals surface area contributed by atoms with E-state index < -0.39 is 0 Å². The van der Waals surface area contributed by atoms with E-state index in [9.17, 15) is 0 Å². The van der Waals surface area contributed by atoms with E-state index in [0.717, 1.165) is 5.92 Å². The molecule has 0 bridgehead atoms. The summed E-state index contributed by atoms with van der Waals surface area (Å²) in [6, 6.07) is 10.6. The number of rotatable bonds is 4. The molecule has 0 aliphatic carbocycles. The maximum Gasteiger partial charge on any atom is 0.00719 e. The van der Waals surface area contributed by atoms with Crippen molar-refractivity contribution in [3.05, 3.63) is 30.3 Å². The molecule has 12 heavy (non-hydrogen) atoms. The van der Waals surface area contributed by atoms with Crippen molar-refractivity contribution in [1.29, 1.82) is 0 Å². The predicted molar refractivity (Wildman–Crippen MR) is 56.6 cm³/mol. The van der Waals surface area contributed by atoms with Crippen LogP contribution in [0.5, 0.6) is 0 Å². The second kappa shape index (κ2) is 5.26. The number of hydrogen-bond acceptors (Lipinski definition) is 1. The highest BCUT2D eigenvalue weighted by Gasteiger charge is 1.95. The number of benzene rings is 1. The lowest BCUT2D eigenvalue weighted by atomic mass is 10.2. The fourth-order valence-electron chi connectivity index (χ4n) is 0.929. The Hall–Kier alpha value is -0.430. The SMILES string of the molecule is CC(C)CCSc1ccccc1. The van der Waals surface area contributed by atoms with E-state index in [4.69, 9.17) is 0 Å². The topological polar surface area (TPSA) is 0 Å². The maximum absolute atomic E-state index is 2.27. The molecule has 1 aromatic carbocycles. The lowest BCUT2D eigenvalue weighted by Crippen LogP contribution is -1.88. The van der Waals surface area contributed by atoms with E-state index in [1.54, 1.807) is 0 Å². The molecule has 66 valence electrons. The first-order chi connectivity index (χ1) is 5.79. The Labute approximate surface area is 79.4 Å². The Kier molecular flexibility index (Phi) is 4.23. The molecule has 0 aromatic heterocycles. The summed E-state index contributed by atoms with van der Waals surface area (Å²) in [4.78, 5) is 1.39. The van der Waals surface area contributed by atoms with Gasteiger partial charge in [-0.3, -0.25) is 0 Å². The van der Waals surface area contributed by atoms with Crippen LogP contribution in [0.3, 0.4) is 0 Å². The maximum atomic E-state index is 2.27. The van der Waals surface area contributed by atoms with Crippen molar-refractivity contribution in [2.24, 2.45) is 5.92 Å². The van der Waals surface area contributed by atoms with Gasteiger partial charge in [0.05, 0.1) is 0 Å². The Balaban J connectivity index is 2.25. The summed E-state index contributed by atoms with van der Waals surface area (Å²) in [5.41, 5.74) is 0. The second-order valence-electron chi connectivity index (χ2n) is 3.34. The van der Waals surface area contributed by atoms with Crippen LogP contribution in [0, 0.1) is 5.92 Å². The smallest absolute Gasteiger partial charge is 0.00719 e. The molecule has 0 N–H and O–H groups in total. The van der Waals surface area contributed by atoms with Crippen molar-refractivity contribution < 1.29 is 0 Å². The summed E-state index contributed by atoms with van der Waals surface area (Å²) in [6.07, 6.45) is 1.31. The van der Waals surface area contributed by atoms with Crippen LogP contribution in [-0.4, -0.2) is 5.75 Å². The van der Waals surface area contributed by atoms with E-state index in [-0.39, 0.29) is 0 Å². The molecule has 1 heteroatoms. The fourth-order valence-corrected chi connectivity index (χ4v) is 2.10. The highest BCUT2D eigenvalue weighted by Crippen LogP contribution is 2.19. The summed E-state index contributed by atoms with van der Waals surface area (Å²) >= 11 is 1.95. The van der Waals surface area contributed by atoms with Gasteiger partial charge in [0.25, 0.3) is 0 Å². The Bertz CT molecular complexity index is 204. The molecule has 1 rings (SSSR count). The largest absolute Gasteiger partial charge is 0.126 e. The molecule has 0 aliphatic rings. The van der Waals surface area contributed by atoms with Gasteiger partial charge in [-0.25, -0.2) is 0 Å². The van der Waals surface area contributed by atoms with Crippen molar-refractivity contribution >= 4 is 11.8 Å². The highest BCUT2D eigenvalue weighted by molar-refractivity contribution is 7.99. The van der Waals surface area contributed by atoms with E-state index in [0.29, 0.717) is 0 Å². The van der Waals surface area contributed by atoms with Gasteiger partial charge in [-0.2, -0.15) is 0 Å². The van der Waals surface area contributed by atoms with Crippen molar-refractivity contribution in [2.75, 3.05) is 5.75 Å². The zero-order valence-corrected chi connectivity index (χ0v) is 8.60. The van der Waals surface area contributed by atoms with Gasteiger partial charge in [-0.15, -0.1) is 11.8 Å². The minimum Gasteiger partial charge on any atom is -0.126 e. The highest BCUT2D eigenvalue weighted by atomic mass is 32.2. The van der Waals surface area contributed by atoms with Crippen LogP contribution in [0.15, 0.2) is 35.2 Å². The quantitative estimate of drug-likeness (QED) is 0.635. The first kappa shape index (κ1) is 9.66. The molecule has 0 radical (unpaired) electrons. The van der Waals surface area contributed by atoms with Gasteiger partial charge in [0.1, 0.15) is 0 Å². The third-order valence-electron chi connectivity index (χ3n) is 1.71. The monoisotopic (exact) mass is 180 g/mol. The molecule has 0 amide bonds. The summed E-state index contributed by atoms with van der Waals surface area (Å²) in [5.74, 6) is 2.06. The van der Waals surface area contributed by atoms with Gasteiger partial charge in [-0.05, 0) is 30.2 Å². The Morgan fingerprint density at radius 1 is 1.17 bits per heavy atom. The minimum atomic E-state index is 0.821. The molecule has 0 heterocycles. The van der Waals surface area contributed by atoms with E-state index in [1.807, 2.05) is 11.8 Å². The molecule has 0 unspecified atom stereocenters. The minimum absolute atomic E-state index is 0.821. The molecule has 0 fully saturated rings. The number of hydrogen-bond donors (Lipinski definition) is 0. The Morgan fingerprint density at radius 3 is 2.42 bits per heavy atom. The first-order valence-electron chi connectivity index (χ1n) is 4.47. The molecular formula is C11H16S. The zero-order valence-electron chi connectivity index (χ0n) is 7.79. The van der Waals surface area contributed by atoms with Gasteiger partial charge >= 0.3 is 0 Å². The first-order valence-corrected chi connectivity index (χ1v) is 5.45. The third-order valence-corrected chi connectivity index (χ3v) is 2.75. The average Bonchev–Trinajstić information content (AvgIpc) is 2.05. The zero-order chi connectivity index (χ0) is 8.81. The van der Waals surface area contributed by atoms with Crippen LogP contribution in [0.2, 0.25) is 0 Å². The standard InChI is InChI=1S/C11H16S/c1-10(2)8-9-12-11-6-4-3-5-7-11/h3-7,10H,8-9H2,1-2H3. The summed E-state index contributed by atoms with van der Waals surface area (Å²) < 4.78 is 0. The lowest BCUT2D eigenvalue weighted by Gasteiger charge is -2.03. The normalized spacial score (nSPS) is 10.6. The van der Waals surface area contributed by atoms with Gasteiger partial charge in [0, 0.05) is 4.90 Å². The average molecular weight is 180 g/mol. The molecular weight excluding hydrogens is 164 g/mol. The van der Waals surface area contributed by atoms with Crippen LogP contribution in [0.4, 0.5) is 0 Å². The van der Waals surface area contributed by atoms with Crippen LogP contribution >= 0.6 is 11.8 Å². The van der Waals surface area contributed by atoms with E-state index in [1.165, 1.54) is 17.1 Å². The lowest BCUT2D eigenvalue weighted by molar-refractivity contribution is 0.632. The molecule has 0 aliphatic heterocycles. The molecule has 0 nitrogen and oxygen atoms in total. The van der Waals surface area contributed by atoms with Crippen molar-refractivity contribution in [1.82, 2.24) is 0 Å². The van der Waals surface area contributed by atoms with Crippen LogP contribution in [0.1, 0.15) is 20.3 Å². The van der Waals surface area contributed by atoms with Crippen molar-refractivity contribution in [3.63, 3.8) is 0 Å². The third kappa shape index (κ3) is 3.82. The van der Waals surface area contributed by atoms with E-state index in [2.05, 4.69) is 44.2 Å². The number of thioether (sulfide) groups is 1. The van der Waals surface area contributed by atoms with Gasteiger partial charge in [-0.1, -0.05) is 32.0 Å². The molecule has 0 spiro atoms.